The molecule has 0 N–H and O–H groups in total. The molecule has 156 valence electrons. The van der Waals surface area contributed by atoms with E-state index in [0.717, 1.165) is 16.1 Å². The van der Waals surface area contributed by atoms with Crippen molar-refractivity contribution in [1.82, 2.24) is 4.31 Å². The number of sulfonamides is 1. The summed E-state index contributed by atoms with van der Waals surface area (Å²) in [6.07, 6.45) is 0. The number of benzene rings is 3. The van der Waals surface area contributed by atoms with Crippen molar-refractivity contribution >= 4 is 39.3 Å². The van der Waals surface area contributed by atoms with Gasteiger partial charge >= 0.3 is 0 Å². The third-order valence-electron chi connectivity index (χ3n) is 5.48. The standard InChI is InChI=1S/C23H18N2O4S2/c26-22(14-24-23(27)17-10-4-7-13-21(17)31(24,28)29)25-18-11-5-6-12-20(18)30-15-19(25)16-8-2-1-3-9-16/h1-13,19H,14-15H2/t19-/m1/s1. The summed E-state index contributed by atoms with van der Waals surface area (Å²) >= 11 is 1.65. The maximum Gasteiger partial charge on any atom is 0.269 e. The molecule has 0 saturated carbocycles. The first-order valence-corrected chi connectivity index (χ1v) is 12.2. The highest BCUT2D eigenvalue weighted by molar-refractivity contribution is 7.99. The molecule has 8 heteroatoms. The van der Waals surface area contributed by atoms with Gasteiger partial charge in [0.1, 0.15) is 11.4 Å². The maximum absolute atomic E-state index is 13.5. The van der Waals surface area contributed by atoms with Gasteiger partial charge < -0.3 is 4.90 Å². The summed E-state index contributed by atoms with van der Waals surface area (Å²) in [6.45, 7) is -0.543. The first-order valence-electron chi connectivity index (χ1n) is 9.73. The van der Waals surface area contributed by atoms with E-state index in [0.29, 0.717) is 10.1 Å². The van der Waals surface area contributed by atoms with E-state index in [1.54, 1.807) is 28.8 Å². The summed E-state index contributed by atoms with van der Waals surface area (Å²) in [5.41, 5.74) is 1.78. The third kappa shape index (κ3) is 3.23. The number of fused-ring (bicyclic) bond motifs is 2. The first kappa shape index (κ1) is 19.8. The van der Waals surface area contributed by atoms with E-state index >= 15 is 0 Å². The van der Waals surface area contributed by atoms with Crippen LogP contribution in [0.25, 0.3) is 0 Å². The minimum Gasteiger partial charge on any atom is -0.301 e. The minimum absolute atomic E-state index is 0.0537. The molecule has 0 aromatic heterocycles. The molecule has 0 saturated heterocycles. The molecule has 6 nitrogen and oxygen atoms in total. The van der Waals surface area contributed by atoms with Gasteiger partial charge in [-0.3, -0.25) is 9.59 Å². The van der Waals surface area contributed by atoms with Crippen LogP contribution in [0.2, 0.25) is 0 Å². The van der Waals surface area contributed by atoms with Crippen LogP contribution < -0.4 is 4.90 Å². The Kier molecular flexibility index (Phi) is 4.83. The number of anilines is 1. The van der Waals surface area contributed by atoms with Crippen LogP contribution in [0, 0.1) is 0 Å². The quantitative estimate of drug-likeness (QED) is 0.608. The van der Waals surface area contributed by atoms with Gasteiger partial charge in [0, 0.05) is 10.6 Å². The van der Waals surface area contributed by atoms with Crippen molar-refractivity contribution in [2.24, 2.45) is 0 Å². The second-order valence-corrected chi connectivity index (χ2v) is 10.2. The fourth-order valence-corrected chi connectivity index (χ4v) is 6.69. The van der Waals surface area contributed by atoms with Gasteiger partial charge in [-0.05, 0) is 29.8 Å². The topological polar surface area (TPSA) is 74.8 Å². The van der Waals surface area contributed by atoms with E-state index in [4.69, 9.17) is 0 Å². The van der Waals surface area contributed by atoms with Gasteiger partial charge in [0.15, 0.2) is 0 Å². The zero-order valence-corrected chi connectivity index (χ0v) is 18.0. The molecule has 0 unspecified atom stereocenters. The van der Waals surface area contributed by atoms with E-state index in [1.165, 1.54) is 12.1 Å². The van der Waals surface area contributed by atoms with Crippen molar-refractivity contribution in [1.29, 1.82) is 0 Å². The van der Waals surface area contributed by atoms with Gasteiger partial charge in [-0.1, -0.05) is 54.6 Å². The van der Waals surface area contributed by atoms with E-state index in [9.17, 15) is 18.0 Å². The molecule has 2 heterocycles. The molecule has 2 aliphatic heterocycles. The number of thioether (sulfide) groups is 1. The number of hydrogen-bond donors (Lipinski definition) is 0. The van der Waals surface area contributed by atoms with Gasteiger partial charge in [0.2, 0.25) is 5.91 Å². The number of carbonyl (C=O) groups excluding carboxylic acids is 2. The lowest BCUT2D eigenvalue weighted by molar-refractivity contribution is -0.119. The highest BCUT2D eigenvalue weighted by Crippen LogP contribution is 2.43. The summed E-state index contributed by atoms with van der Waals surface area (Å²) in [5.74, 6) is -0.473. The van der Waals surface area contributed by atoms with E-state index in [-0.39, 0.29) is 16.5 Å². The van der Waals surface area contributed by atoms with Crippen LogP contribution in [0.3, 0.4) is 0 Å². The third-order valence-corrected chi connectivity index (χ3v) is 8.40. The predicted molar refractivity (Wildman–Crippen MR) is 118 cm³/mol. The summed E-state index contributed by atoms with van der Waals surface area (Å²) in [5, 5.41) is 0. The molecule has 3 aromatic rings. The molecule has 0 fully saturated rings. The number of carbonyl (C=O) groups is 2. The Labute approximate surface area is 184 Å². The SMILES string of the molecule is O=C(CN1C(=O)c2ccccc2S1(=O)=O)N1c2ccccc2SC[C@@H]1c1ccccc1. The zero-order chi connectivity index (χ0) is 21.6. The number of hydrogen-bond acceptors (Lipinski definition) is 5. The predicted octanol–water partition coefficient (Wildman–Crippen LogP) is 3.71. The number of nitrogens with zero attached hydrogens (tertiary/aromatic N) is 2. The average molecular weight is 451 g/mol. The molecule has 2 amide bonds. The van der Waals surface area contributed by atoms with Crippen molar-refractivity contribution in [2.75, 3.05) is 17.2 Å². The molecule has 0 spiro atoms. The summed E-state index contributed by atoms with van der Waals surface area (Å²) < 4.78 is 26.6. The van der Waals surface area contributed by atoms with Gasteiger partial charge in [-0.15, -0.1) is 11.8 Å². The summed E-state index contributed by atoms with van der Waals surface area (Å²) in [6, 6.07) is 23.0. The van der Waals surface area contributed by atoms with Crippen LogP contribution in [0.5, 0.6) is 0 Å². The molecule has 0 aliphatic carbocycles. The van der Waals surface area contributed by atoms with Crippen LogP contribution in [-0.4, -0.2) is 36.8 Å². The van der Waals surface area contributed by atoms with E-state index in [2.05, 4.69) is 0 Å². The Morgan fingerprint density at radius 2 is 1.61 bits per heavy atom. The molecule has 31 heavy (non-hydrogen) atoms. The van der Waals surface area contributed by atoms with Crippen LogP contribution in [0.1, 0.15) is 22.0 Å². The molecule has 2 aliphatic rings. The Bertz CT molecular complexity index is 1290. The molecule has 3 aromatic carbocycles. The Morgan fingerprint density at radius 3 is 2.39 bits per heavy atom. The molecule has 0 radical (unpaired) electrons. The van der Waals surface area contributed by atoms with Crippen LogP contribution in [0.15, 0.2) is 88.7 Å². The second kappa shape index (κ2) is 7.55. The van der Waals surface area contributed by atoms with Crippen LogP contribution >= 0.6 is 11.8 Å². The lowest BCUT2D eigenvalue weighted by atomic mass is 10.1. The Morgan fingerprint density at radius 1 is 0.935 bits per heavy atom. The number of para-hydroxylation sites is 1. The molecular formula is C23H18N2O4S2. The molecule has 1 atom stereocenters. The van der Waals surface area contributed by atoms with Crippen molar-refractivity contribution < 1.29 is 18.0 Å². The fourth-order valence-electron chi connectivity index (χ4n) is 4.00. The monoisotopic (exact) mass is 450 g/mol. The number of amides is 2. The van der Waals surface area contributed by atoms with E-state index < -0.39 is 28.4 Å². The Balaban J connectivity index is 1.53. The first-order chi connectivity index (χ1) is 15.0. The highest BCUT2D eigenvalue weighted by atomic mass is 32.2. The molecular weight excluding hydrogens is 432 g/mol. The summed E-state index contributed by atoms with van der Waals surface area (Å²) in [4.78, 5) is 28.9. The smallest absolute Gasteiger partial charge is 0.269 e. The highest BCUT2D eigenvalue weighted by Gasteiger charge is 2.43. The maximum atomic E-state index is 13.5. The Hall–Kier alpha value is -3.10. The van der Waals surface area contributed by atoms with Crippen molar-refractivity contribution in [3.05, 3.63) is 90.0 Å². The van der Waals surface area contributed by atoms with Crippen molar-refractivity contribution in [3.63, 3.8) is 0 Å². The second-order valence-electron chi connectivity index (χ2n) is 7.28. The van der Waals surface area contributed by atoms with Gasteiger partial charge in [0.05, 0.1) is 17.3 Å². The lowest BCUT2D eigenvalue weighted by Crippen LogP contribution is -2.46. The number of rotatable bonds is 3. The lowest BCUT2D eigenvalue weighted by Gasteiger charge is -2.37. The minimum atomic E-state index is -4.06. The van der Waals surface area contributed by atoms with Crippen LogP contribution in [-0.2, 0) is 14.8 Å². The van der Waals surface area contributed by atoms with Crippen LogP contribution in [0.4, 0.5) is 5.69 Å². The largest absolute Gasteiger partial charge is 0.301 e. The van der Waals surface area contributed by atoms with Crippen molar-refractivity contribution in [2.45, 2.75) is 15.8 Å². The van der Waals surface area contributed by atoms with E-state index in [1.807, 2.05) is 54.6 Å². The zero-order valence-electron chi connectivity index (χ0n) is 16.3. The summed E-state index contributed by atoms with van der Waals surface area (Å²) in [7, 11) is -4.06. The van der Waals surface area contributed by atoms with Gasteiger partial charge in [0.25, 0.3) is 15.9 Å². The van der Waals surface area contributed by atoms with Gasteiger partial charge in [-0.25, -0.2) is 12.7 Å². The fraction of sp³-hybridized carbons (Fsp3) is 0.130. The van der Waals surface area contributed by atoms with Crippen molar-refractivity contribution in [3.8, 4) is 0 Å². The normalized spacial score (nSPS) is 19.1. The molecule has 0 bridgehead atoms. The molecule has 5 rings (SSSR count). The van der Waals surface area contributed by atoms with Gasteiger partial charge in [-0.2, -0.15) is 0 Å². The average Bonchev–Trinajstić information content (AvgIpc) is 2.99.